The molecular formula is C28H47N3O4. The van der Waals surface area contributed by atoms with Gasteiger partial charge in [-0.1, -0.05) is 69.9 Å². The van der Waals surface area contributed by atoms with Gasteiger partial charge in [-0.15, -0.1) is 0 Å². The molecule has 0 spiro atoms. The zero-order valence-electron chi connectivity index (χ0n) is 23.2. The summed E-state index contributed by atoms with van der Waals surface area (Å²) in [5, 5.41) is 5.80. The smallest absolute Gasteiger partial charge is 0.408 e. The molecule has 0 aromatic heterocycles. The van der Waals surface area contributed by atoms with Crippen molar-refractivity contribution in [1.82, 2.24) is 15.5 Å². The van der Waals surface area contributed by atoms with Crippen LogP contribution in [0, 0.1) is 12.8 Å². The van der Waals surface area contributed by atoms with Gasteiger partial charge in [-0.3, -0.25) is 9.59 Å². The van der Waals surface area contributed by atoms with E-state index in [9.17, 15) is 14.4 Å². The average molecular weight is 490 g/mol. The highest BCUT2D eigenvalue weighted by Gasteiger charge is 2.38. The number of aryl methyl sites for hydroxylation is 1. The number of hydrogen-bond acceptors (Lipinski definition) is 4. The predicted molar refractivity (Wildman–Crippen MR) is 141 cm³/mol. The van der Waals surface area contributed by atoms with Gasteiger partial charge in [-0.25, -0.2) is 4.79 Å². The number of nitrogens with zero attached hydrogens (tertiary/aromatic N) is 1. The first-order chi connectivity index (χ1) is 16.3. The van der Waals surface area contributed by atoms with E-state index in [0.717, 1.165) is 30.4 Å². The molecule has 0 fully saturated rings. The van der Waals surface area contributed by atoms with E-state index in [1.807, 2.05) is 58.9 Å². The molecule has 35 heavy (non-hydrogen) atoms. The van der Waals surface area contributed by atoms with Gasteiger partial charge in [-0.2, -0.15) is 0 Å². The summed E-state index contributed by atoms with van der Waals surface area (Å²) in [6, 6.07) is 6.02. The van der Waals surface area contributed by atoms with Crippen LogP contribution in [-0.4, -0.2) is 47.0 Å². The Morgan fingerprint density at radius 1 is 0.971 bits per heavy atom. The summed E-state index contributed by atoms with van der Waals surface area (Å²) in [4.78, 5) is 41.9. The Hall–Kier alpha value is -2.57. The minimum absolute atomic E-state index is 0.0757. The molecule has 0 aliphatic carbocycles. The molecule has 1 rings (SSSR count). The Morgan fingerprint density at radius 2 is 1.57 bits per heavy atom. The molecule has 0 radical (unpaired) electrons. The Bertz CT molecular complexity index is 814. The summed E-state index contributed by atoms with van der Waals surface area (Å²) in [6.45, 7) is 17.6. The molecule has 3 unspecified atom stereocenters. The van der Waals surface area contributed by atoms with Gasteiger partial charge in [0.25, 0.3) is 0 Å². The van der Waals surface area contributed by atoms with Crippen molar-refractivity contribution >= 4 is 17.9 Å². The SMILES string of the molecule is CCCCCN(C(=O)C(NC(=O)OC(C)(C)C)C(C)CC)C(C(=O)NC(C)C)c1ccc(C)cc1. The second-order valence-electron chi connectivity index (χ2n) is 10.7. The number of carbonyl (C=O) groups excluding carboxylic acids is 3. The molecule has 3 atom stereocenters. The largest absolute Gasteiger partial charge is 0.444 e. The Balaban J connectivity index is 3.47. The Labute approximate surface area is 212 Å². The molecular weight excluding hydrogens is 442 g/mol. The van der Waals surface area contributed by atoms with Crippen molar-refractivity contribution in [3.8, 4) is 0 Å². The van der Waals surface area contributed by atoms with E-state index < -0.39 is 23.8 Å². The molecule has 7 heteroatoms. The van der Waals surface area contributed by atoms with Gasteiger partial charge in [0, 0.05) is 12.6 Å². The molecule has 0 aliphatic rings. The summed E-state index contributed by atoms with van der Waals surface area (Å²) in [5.41, 5.74) is 1.14. The first kappa shape index (κ1) is 30.5. The fourth-order valence-electron chi connectivity index (χ4n) is 3.78. The van der Waals surface area contributed by atoms with Crippen LogP contribution in [0.3, 0.4) is 0 Å². The van der Waals surface area contributed by atoms with E-state index in [0.29, 0.717) is 13.0 Å². The maximum Gasteiger partial charge on any atom is 0.408 e. The topological polar surface area (TPSA) is 87.7 Å². The monoisotopic (exact) mass is 489 g/mol. The number of alkyl carbamates (subject to hydrolysis) is 1. The van der Waals surface area contributed by atoms with Crippen LogP contribution in [0.15, 0.2) is 24.3 Å². The number of ether oxygens (including phenoxy) is 1. The van der Waals surface area contributed by atoms with Crippen LogP contribution in [0.5, 0.6) is 0 Å². The van der Waals surface area contributed by atoms with Gasteiger partial charge in [0.2, 0.25) is 11.8 Å². The van der Waals surface area contributed by atoms with E-state index in [2.05, 4.69) is 17.6 Å². The quantitative estimate of drug-likeness (QED) is 0.379. The van der Waals surface area contributed by atoms with Gasteiger partial charge in [-0.05, 0) is 59.4 Å². The maximum absolute atomic E-state index is 14.1. The second kappa shape index (κ2) is 14.1. The molecule has 7 nitrogen and oxygen atoms in total. The van der Waals surface area contributed by atoms with Crippen molar-refractivity contribution in [2.45, 2.75) is 112 Å². The van der Waals surface area contributed by atoms with E-state index in [1.165, 1.54) is 0 Å². The molecule has 0 heterocycles. The third kappa shape index (κ3) is 10.3. The standard InChI is InChI=1S/C28H47N3O4/c1-10-12-13-18-31(24(25(32)29-19(3)4)22-16-14-20(5)15-17-22)26(33)23(21(6)11-2)30-27(34)35-28(7,8)9/h14-17,19,21,23-24H,10-13,18H2,1-9H3,(H,29,32)(H,30,34). The number of hydrogen-bond donors (Lipinski definition) is 2. The van der Waals surface area contributed by atoms with Gasteiger partial charge < -0.3 is 20.3 Å². The van der Waals surface area contributed by atoms with Crippen LogP contribution in [0.4, 0.5) is 4.79 Å². The second-order valence-corrected chi connectivity index (χ2v) is 10.7. The van der Waals surface area contributed by atoms with Gasteiger partial charge in [0.05, 0.1) is 0 Å². The van der Waals surface area contributed by atoms with Crippen LogP contribution in [0.1, 0.15) is 98.2 Å². The minimum atomic E-state index is -0.809. The van der Waals surface area contributed by atoms with Gasteiger partial charge >= 0.3 is 6.09 Å². The first-order valence-electron chi connectivity index (χ1n) is 13.0. The van der Waals surface area contributed by atoms with Crippen molar-refractivity contribution < 1.29 is 19.1 Å². The number of rotatable bonds is 12. The highest BCUT2D eigenvalue weighted by Crippen LogP contribution is 2.26. The third-order valence-electron chi connectivity index (χ3n) is 5.82. The van der Waals surface area contributed by atoms with Crippen LogP contribution in [-0.2, 0) is 14.3 Å². The lowest BCUT2D eigenvalue weighted by Crippen LogP contribution is -2.55. The summed E-state index contributed by atoms with van der Waals surface area (Å²) in [5.74, 6) is -0.643. The van der Waals surface area contributed by atoms with E-state index >= 15 is 0 Å². The van der Waals surface area contributed by atoms with Crippen molar-refractivity contribution in [3.05, 3.63) is 35.4 Å². The summed E-state index contributed by atoms with van der Waals surface area (Å²) < 4.78 is 5.45. The molecule has 1 aromatic rings. The normalized spacial score (nSPS) is 14.1. The molecule has 0 aliphatic heterocycles. The minimum Gasteiger partial charge on any atom is -0.444 e. The van der Waals surface area contributed by atoms with Crippen molar-refractivity contribution in [3.63, 3.8) is 0 Å². The van der Waals surface area contributed by atoms with Gasteiger partial charge in [0.15, 0.2) is 0 Å². The summed E-state index contributed by atoms with van der Waals surface area (Å²) >= 11 is 0. The first-order valence-corrected chi connectivity index (χ1v) is 13.0. The average Bonchev–Trinajstić information content (AvgIpc) is 2.75. The molecule has 0 saturated heterocycles. The lowest BCUT2D eigenvalue weighted by molar-refractivity contribution is -0.143. The van der Waals surface area contributed by atoms with E-state index in [-0.39, 0.29) is 23.8 Å². The Morgan fingerprint density at radius 3 is 2.06 bits per heavy atom. The number of benzene rings is 1. The highest BCUT2D eigenvalue weighted by atomic mass is 16.6. The van der Waals surface area contributed by atoms with Crippen LogP contribution in [0.25, 0.3) is 0 Å². The lowest BCUT2D eigenvalue weighted by Gasteiger charge is -2.36. The zero-order chi connectivity index (χ0) is 26.8. The molecule has 0 saturated carbocycles. The third-order valence-corrected chi connectivity index (χ3v) is 5.82. The van der Waals surface area contributed by atoms with Crippen molar-refractivity contribution in [2.24, 2.45) is 5.92 Å². The molecule has 0 bridgehead atoms. The predicted octanol–water partition coefficient (Wildman–Crippen LogP) is 5.52. The summed E-state index contributed by atoms with van der Waals surface area (Å²) in [7, 11) is 0. The zero-order valence-corrected chi connectivity index (χ0v) is 23.2. The molecule has 3 amide bonds. The van der Waals surface area contributed by atoms with E-state index in [4.69, 9.17) is 4.74 Å². The fraction of sp³-hybridized carbons (Fsp3) is 0.679. The van der Waals surface area contributed by atoms with Gasteiger partial charge in [0.1, 0.15) is 17.7 Å². The van der Waals surface area contributed by atoms with Crippen LogP contribution in [0.2, 0.25) is 0 Å². The molecule has 1 aromatic carbocycles. The number of amides is 3. The van der Waals surface area contributed by atoms with Crippen molar-refractivity contribution in [1.29, 1.82) is 0 Å². The van der Waals surface area contributed by atoms with E-state index in [1.54, 1.807) is 25.7 Å². The maximum atomic E-state index is 14.1. The molecule has 198 valence electrons. The van der Waals surface area contributed by atoms with Crippen LogP contribution < -0.4 is 10.6 Å². The summed E-state index contributed by atoms with van der Waals surface area (Å²) in [6.07, 6.45) is 2.73. The number of carbonyl (C=O) groups is 3. The fourth-order valence-corrected chi connectivity index (χ4v) is 3.78. The number of unbranched alkanes of at least 4 members (excludes halogenated alkanes) is 2. The van der Waals surface area contributed by atoms with Crippen LogP contribution >= 0.6 is 0 Å². The highest BCUT2D eigenvalue weighted by molar-refractivity contribution is 5.92. The Kier molecular flexibility index (Phi) is 12.3. The van der Waals surface area contributed by atoms with Crippen molar-refractivity contribution in [2.75, 3.05) is 6.54 Å². The number of nitrogens with one attached hydrogen (secondary N) is 2. The molecule has 2 N–H and O–H groups in total. The lowest BCUT2D eigenvalue weighted by atomic mass is 9.95.